The SMILES string of the molecule is CCN(C(=O)COC(C)C(=O)O)C1=CCCC1. The van der Waals surface area contributed by atoms with Gasteiger partial charge in [0.05, 0.1) is 0 Å². The molecule has 0 aromatic rings. The van der Waals surface area contributed by atoms with Gasteiger partial charge in [0.1, 0.15) is 6.61 Å². The van der Waals surface area contributed by atoms with Crippen LogP contribution in [0.1, 0.15) is 33.1 Å². The molecule has 0 saturated carbocycles. The van der Waals surface area contributed by atoms with Crippen LogP contribution in [0.3, 0.4) is 0 Å². The van der Waals surface area contributed by atoms with E-state index in [1.165, 1.54) is 6.92 Å². The van der Waals surface area contributed by atoms with Crippen molar-refractivity contribution in [2.75, 3.05) is 13.2 Å². The average molecular weight is 241 g/mol. The molecule has 0 aromatic heterocycles. The maximum absolute atomic E-state index is 11.9. The smallest absolute Gasteiger partial charge is 0.332 e. The summed E-state index contributed by atoms with van der Waals surface area (Å²) in [6.07, 6.45) is 4.10. The molecule has 0 radical (unpaired) electrons. The summed E-state index contributed by atoms with van der Waals surface area (Å²) in [4.78, 5) is 24.1. The van der Waals surface area contributed by atoms with Crippen molar-refractivity contribution in [1.82, 2.24) is 4.90 Å². The monoisotopic (exact) mass is 241 g/mol. The normalized spacial score (nSPS) is 16.5. The van der Waals surface area contributed by atoms with Crippen molar-refractivity contribution < 1.29 is 19.4 Å². The summed E-state index contributed by atoms with van der Waals surface area (Å²) < 4.78 is 4.99. The minimum Gasteiger partial charge on any atom is -0.479 e. The molecule has 1 aliphatic rings. The van der Waals surface area contributed by atoms with E-state index in [2.05, 4.69) is 6.08 Å². The highest BCUT2D eigenvalue weighted by atomic mass is 16.5. The number of ether oxygens (including phenoxy) is 1. The van der Waals surface area contributed by atoms with E-state index in [0.29, 0.717) is 6.54 Å². The van der Waals surface area contributed by atoms with Crippen molar-refractivity contribution >= 4 is 11.9 Å². The molecule has 1 unspecified atom stereocenters. The summed E-state index contributed by atoms with van der Waals surface area (Å²) in [7, 11) is 0. The van der Waals surface area contributed by atoms with Crippen LogP contribution in [0.15, 0.2) is 11.8 Å². The molecule has 0 fully saturated rings. The van der Waals surface area contributed by atoms with Gasteiger partial charge in [-0.2, -0.15) is 0 Å². The van der Waals surface area contributed by atoms with Crippen LogP contribution >= 0.6 is 0 Å². The van der Waals surface area contributed by atoms with Gasteiger partial charge >= 0.3 is 5.97 Å². The lowest BCUT2D eigenvalue weighted by atomic mass is 10.3. The van der Waals surface area contributed by atoms with Crippen molar-refractivity contribution in [3.63, 3.8) is 0 Å². The zero-order valence-corrected chi connectivity index (χ0v) is 10.3. The molecular weight excluding hydrogens is 222 g/mol. The Kier molecular flexibility index (Phi) is 5.15. The first-order valence-electron chi connectivity index (χ1n) is 5.90. The van der Waals surface area contributed by atoms with E-state index >= 15 is 0 Å². The Bertz CT molecular complexity index is 324. The number of carbonyl (C=O) groups excluding carboxylic acids is 1. The maximum atomic E-state index is 11.9. The molecule has 96 valence electrons. The lowest BCUT2D eigenvalue weighted by Crippen LogP contribution is -2.35. The Hall–Kier alpha value is -1.36. The number of likely N-dealkylation sites (N-methyl/N-ethyl adjacent to an activating group) is 1. The number of carboxylic acid groups (broad SMARTS) is 1. The van der Waals surface area contributed by atoms with Crippen LogP contribution < -0.4 is 0 Å². The number of amides is 1. The van der Waals surface area contributed by atoms with E-state index in [9.17, 15) is 9.59 Å². The summed E-state index contributed by atoms with van der Waals surface area (Å²) in [5, 5.41) is 8.64. The Morgan fingerprint density at radius 3 is 2.76 bits per heavy atom. The number of hydrogen-bond acceptors (Lipinski definition) is 3. The van der Waals surface area contributed by atoms with Gasteiger partial charge in [-0.3, -0.25) is 4.79 Å². The Balaban J connectivity index is 2.47. The van der Waals surface area contributed by atoms with Crippen LogP contribution in [0.25, 0.3) is 0 Å². The molecule has 0 bridgehead atoms. The molecule has 0 heterocycles. The first-order chi connectivity index (χ1) is 8.06. The van der Waals surface area contributed by atoms with Gasteiger partial charge in [0.2, 0.25) is 0 Å². The first-order valence-corrected chi connectivity index (χ1v) is 5.90. The Morgan fingerprint density at radius 2 is 2.29 bits per heavy atom. The van der Waals surface area contributed by atoms with E-state index in [-0.39, 0.29) is 12.5 Å². The maximum Gasteiger partial charge on any atom is 0.332 e. The van der Waals surface area contributed by atoms with Crippen molar-refractivity contribution in [2.24, 2.45) is 0 Å². The lowest BCUT2D eigenvalue weighted by Gasteiger charge is -2.22. The van der Waals surface area contributed by atoms with Gasteiger partial charge in [-0.25, -0.2) is 4.79 Å². The van der Waals surface area contributed by atoms with Gasteiger partial charge in [-0.05, 0) is 33.1 Å². The van der Waals surface area contributed by atoms with Gasteiger partial charge in [-0.1, -0.05) is 6.08 Å². The van der Waals surface area contributed by atoms with Crippen LogP contribution in [-0.4, -0.2) is 41.1 Å². The second kappa shape index (κ2) is 6.39. The molecule has 1 rings (SSSR count). The van der Waals surface area contributed by atoms with Crippen molar-refractivity contribution in [2.45, 2.75) is 39.2 Å². The second-order valence-corrected chi connectivity index (χ2v) is 4.02. The topological polar surface area (TPSA) is 66.8 Å². The number of rotatable bonds is 6. The van der Waals surface area contributed by atoms with Crippen LogP contribution in [0.5, 0.6) is 0 Å². The fourth-order valence-corrected chi connectivity index (χ4v) is 1.78. The molecule has 1 atom stereocenters. The predicted octanol–water partition coefficient (Wildman–Crippen LogP) is 1.39. The van der Waals surface area contributed by atoms with Crippen molar-refractivity contribution in [1.29, 1.82) is 0 Å². The third kappa shape index (κ3) is 3.85. The zero-order valence-electron chi connectivity index (χ0n) is 10.3. The highest BCUT2D eigenvalue weighted by Gasteiger charge is 2.20. The standard InChI is InChI=1S/C12H19NO4/c1-3-13(10-6-4-5-7-10)11(14)8-17-9(2)12(15)16/h6,9H,3-5,7-8H2,1-2H3,(H,15,16). The average Bonchev–Trinajstić information content (AvgIpc) is 2.80. The van der Waals surface area contributed by atoms with Crippen LogP contribution in [0.4, 0.5) is 0 Å². The zero-order chi connectivity index (χ0) is 12.8. The highest BCUT2D eigenvalue weighted by molar-refractivity contribution is 5.80. The third-order valence-electron chi connectivity index (χ3n) is 2.79. The number of aliphatic carboxylic acids is 1. The fraction of sp³-hybridized carbons (Fsp3) is 0.667. The third-order valence-corrected chi connectivity index (χ3v) is 2.79. The number of hydrogen-bond donors (Lipinski definition) is 1. The van der Waals surface area contributed by atoms with Crippen LogP contribution in [0, 0.1) is 0 Å². The molecule has 0 saturated heterocycles. The summed E-state index contributed by atoms with van der Waals surface area (Å²) >= 11 is 0. The Labute approximate surface area is 101 Å². The van der Waals surface area contributed by atoms with Gasteiger partial charge in [0.15, 0.2) is 6.10 Å². The minimum absolute atomic E-state index is 0.172. The summed E-state index contributed by atoms with van der Waals surface area (Å²) in [6, 6.07) is 0. The van der Waals surface area contributed by atoms with Crippen LogP contribution in [-0.2, 0) is 14.3 Å². The molecular formula is C12H19NO4. The Morgan fingerprint density at radius 1 is 1.59 bits per heavy atom. The molecule has 5 nitrogen and oxygen atoms in total. The summed E-state index contributed by atoms with van der Waals surface area (Å²) in [5.41, 5.74) is 1.03. The number of carboxylic acids is 1. The molecule has 1 amide bonds. The van der Waals surface area contributed by atoms with Gasteiger partial charge in [0, 0.05) is 12.2 Å². The van der Waals surface area contributed by atoms with Gasteiger partial charge in [-0.15, -0.1) is 0 Å². The largest absolute Gasteiger partial charge is 0.479 e. The molecule has 1 aliphatic carbocycles. The van der Waals surface area contributed by atoms with Crippen molar-refractivity contribution in [3.05, 3.63) is 11.8 Å². The second-order valence-electron chi connectivity index (χ2n) is 4.02. The molecule has 17 heavy (non-hydrogen) atoms. The van der Waals surface area contributed by atoms with E-state index < -0.39 is 12.1 Å². The highest BCUT2D eigenvalue weighted by Crippen LogP contribution is 2.21. The van der Waals surface area contributed by atoms with Gasteiger partial charge < -0.3 is 14.7 Å². The number of nitrogens with zero attached hydrogens (tertiary/aromatic N) is 1. The molecule has 0 spiro atoms. The molecule has 0 aliphatic heterocycles. The van der Waals surface area contributed by atoms with Gasteiger partial charge in [0.25, 0.3) is 5.91 Å². The predicted molar refractivity (Wildman–Crippen MR) is 62.4 cm³/mol. The first kappa shape index (κ1) is 13.7. The van der Waals surface area contributed by atoms with Crippen LogP contribution in [0.2, 0.25) is 0 Å². The minimum atomic E-state index is -1.05. The van der Waals surface area contributed by atoms with E-state index in [4.69, 9.17) is 9.84 Å². The molecule has 0 aromatic carbocycles. The summed E-state index contributed by atoms with van der Waals surface area (Å²) in [6.45, 7) is 3.73. The quantitative estimate of drug-likeness (QED) is 0.763. The fourth-order valence-electron chi connectivity index (χ4n) is 1.78. The number of allylic oxidation sites excluding steroid dienone is 2. The molecule has 1 N–H and O–H groups in total. The van der Waals surface area contributed by atoms with E-state index in [1.54, 1.807) is 4.90 Å². The lowest BCUT2D eigenvalue weighted by molar-refractivity contribution is -0.152. The molecule has 5 heteroatoms. The summed E-state index contributed by atoms with van der Waals surface area (Å²) in [5.74, 6) is -1.23. The van der Waals surface area contributed by atoms with Crippen molar-refractivity contribution in [3.8, 4) is 0 Å². The van der Waals surface area contributed by atoms with E-state index in [0.717, 1.165) is 25.0 Å². The number of carbonyl (C=O) groups is 2. The van der Waals surface area contributed by atoms with E-state index in [1.807, 2.05) is 6.92 Å².